The van der Waals surface area contributed by atoms with E-state index in [1.54, 1.807) is 0 Å². The Bertz CT molecular complexity index is 284. The van der Waals surface area contributed by atoms with Crippen molar-refractivity contribution in [2.45, 2.75) is 47.0 Å². The van der Waals surface area contributed by atoms with Gasteiger partial charge in [-0.15, -0.1) is 0 Å². The number of benzene rings is 1. The zero-order valence-electron chi connectivity index (χ0n) is 10.6. The predicted molar refractivity (Wildman–Crippen MR) is 71.1 cm³/mol. The Morgan fingerprint density at radius 3 is 2.13 bits per heavy atom. The molecule has 0 heterocycles. The predicted octanol–water partition coefficient (Wildman–Crippen LogP) is 5.09. The van der Waals surface area contributed by atoms with Gasteiger partial charge in [0.25, 0.3) is 0 Å². The van der Waals surface area contributed by atoms with Crippen molar-refractivity contribution in [1.82, 2.24) is 0 Å². The van der Waals surface area contributed by atoms with Gasteiger partial charge >= 0.3 is 0 Å². The van der Waals surface area contributed by atoms with Crippen LogP contribution in [-0.2, 0) is 6.42 Å². The van der Waals surface area contributed by atoms with Gasteiger partial charge < -0.3 is 0 Å². The number of allylic oxidation sites excluding steroid dienone is 1. The van der Waals surface area contributed by atoms with Gasteiger partial charge in [-0.05, 0) is 36.0 Å². The molecule has 15 heavy (non-hydrogen) atoms. The van der Waals surface area contributed by atoms with E-state index in [4.69, 9.17) is 0 Å². The molecule has 0 N–H and O–H groups in total. The highest BCUT2D eigenvalue weighted by Gasteiger charge is 2.10. The lowest BCUT2D eigenvalue weighted by Gasteiger charge is -2.16. The zero-order valence-corrected chi connectivity index (χ0v) is 10.6. The van der Waals surface area contributed by atoms with Crippen molar-refractivity contribution in [3.05, 3.63) is 42.0 Å². The average molecular weight is 204 g/mol. The first-order valence-electron chi connectivity index (χ1n) is 6.14. The van der Waals surface area contributed by atoms with E-state index in [1.807, 2.05) is 27.7 Å². The lowest BCUT2D eigenvalue weighted by Crippen LogP contribution is -1.99. The highest BCUT2D eigenvalue weighted by atomic mass is 14.1. The van der Waals surface area contributed by atoms with E-state index in [2.05, 4.69) is 30.8 Å². The molecule has 2 rings (SSSR count). The summed E-state index contributed by atoms with van der Waals surface area (Å²) >= 11 is 0. The first-order valence-corrected chi connectivity index (χ1v) is 6.14. The van der Waals surface area contributed by atoms with E-state index in [0.717, 1.165) is 0 Å². The normalized spacial score (nSPS) is 12.7. The molecule has 1 aromatic rings. The SMILES string of the molecule is C=C1CCCc2ccccc21.CC.CC. The van der Waals surface area contributed by atoms with Gasteiger partial charge in [-0.1, -0.05) is 58.5 Å². The van der Waals surface area contributed by atoms with E-state index in [0.29, 0.717) is 0 Å². The molecule has 0 radical (unpaired) electrons. The lowest BCUT2D eigenvalue weighted by atomic mass is 9.88. The van der Waals surface area contributed by atoms with Crippen molar-refractivity contribution < 1.29 is 0 Å². The van der Waals surface area contributed by atoms with E-state index in [9.17, 15) is 0 Å². The number of aryl methyl sites for hydroxylation is 1. The molecule has 0 spiro atoms. The second-order valence-electron chi connectivity index (χ2n) is 3.11. The fourth-order valence-electron chi connectivity index (χ4n) is 1.71. The van der Waals surface area contributed by atoms with Crippen LogP contribution in [-0.4, -0.2) is 0 Å². The van der Waals surface area contributed by atoms with Gasteiger partial charge in [0.15, 0.2) is 0 Å². The third-order valence-electron chi connectivity index (χ3n) is 2.32. The Balaban J connectivity index is 0.000000442. The zero-order chi connectivity index (χ0) is 11.7. The lowest BCUT2D eigenvalue weighted by molar-refractivity contribution is 0.823. The summed E-state index contributed by atoms with van der Waals surface area (Å²) in [5, 5.41) is 0. The van der Waals surface area contributed by atoms with Crippen LogP contribution in [0.2, 0.25) is 0 Å². The van der Waals surface area contributed by atoms with Gasteiger partial charge in [-0.25, -0.2) is 0 Å². The van der Waals surface area contributed by atoms with Crippen molar-refractivity contribution in [3.63, 3.8) is 0 Å². The quantitative estimate of drug-likeness (QED) is 0.552. The molecule has 1 aliphatic carbocycles. The minimum atomic E-state index is 1.18. The summed E-state index contributed by atoms with van der Waals surface area (Å²) in [6.45, 7) is 12.1. The maximum Gasteiger partial charge on any atom is -0.0198 e. The van der Waals surface area contributed by atoms with Gasteiger partial charge in [0.2, 0.25) is 0 Å². The fourth-order valence-corrected chi connectivity index (χ4v) is 1.71. The Kier molecular flexibility index (Phi) is 7.71. The molecule has 1 aromatic carbocycles. The highest BCUT2D eigenvalue weighted by molar-refractivity contribution is 5.67. The molecule has 0 fully saturated rings. The maximum atomic E-state index is 4.06. The van der Waals surface area contributed by atoms with Crippen LogP contribution in [0.5, 0.6) is 0 Å². The fraction of sp³-hybridized carbons (Fsp3) is 0.467. The summed E-state index contributed by atoms with van der Waals surface area (Å²) in [4.78, 5) is 0. The number of fused-ring (bicyclic) bond motifs is 1. The van der Waals surface area contributed by atoms with Crippen molar-refractivity contribution in [3.8, 4) is 0 Å². The molecule has 0 amide bonds. The molecule has 84 valence electrons. The van der Waals surface area contributed by atoms with Crippen LogP contribution in [0, 0.1) is 0 Å². The van der Waals surface area contributed by atoms with Gasteiger partial charge in [0, 0.05) is 0 Å². The summed E-state index contributed by atoms with van der Waals surface area (Å²) in [6, 6.07) is 8.59. The third kappa shape index (κ3) is 3.91. The minimum Gasteiger partial charge on any atom is -0.0952 e. The van der Waals surface area contributed by atoms with Crippen molar-refractivity contribution >= 4 is 5.57 Å². The molecule has 0 saturated carbocycles. The summed E-state index contributed by atoms with van der Waals surface area (Å²) in [5.41, 5.74) is 4.18. The van der Waals surface area contributed by atoms with Crippen molar-refractivity contribution in [2.75, 3.05) is 0 Å². The van der Waals surface area contributed by atoms with Crippen LogP contribution < -0.4 is 0 Å². The first-order chi connectivity index (χ1) is 7.38. The number of rotatable bonds is 0. The molecule has 0 aromatic heterocycles. The van der Waals surface area contributed by atoms with Crippen LogP contribution in [0.1, 0.15) is 51.7 Å². The maximum absolute atomic E-state index is 4.06. The molecule has 1 aliphatic rings. The number of hydrogen-bond donors (Lipinski definition) is 0. The smallest absolute Gasteiger partial charge is 0.0198 e. The largest absolute Gasteiger partial charge is 0.0952 e. The Hall–Kier alpha value is -1.04. The molecule has 0 aliphatic heterocycles. The standard InChI is InChI=1S/C11H12.2C2H6/c1-9-5-4-7-10-6-2-3-8-11(9)10;2*1-2/h2-3,6,8H,1,4-5,7H2;2*1-2H3. The highest BCUT2D eigenvalue weighted by Crippen LogP contribution is 2.28. The van der Waals surface area contributed by atoms with Crippen LogP contribution in [0.3, 0.4) is 0 Å². The first kappa shape index (κ1) is 14.0. The van der Waals surface area contributed by atoms with E-state index >= 15 is 0 Å². The Labute approximate surface area is 95.0 Å². The minimum absolute atomic E-state index is 1.18. The molecule has 0 nitrogen and oxygen atoms in total. The molecule has 0 atom stereocenters. The van der Waals surface area contributed by atoms with E-state index in [-0.39, 0.29) is 0 Å². The third-order valence-corrected chi connectivity index (χ3v) is 2.32. The monoisotopic (exact) mass is 204 g/mol. The summed E-state index contributed by atoms with van der Waals surface area (Å²) in [5.74, 6) is 0. The second kappa shape index (κ2) is 8.28. The van der Waals surface area contributed by atoms with Crippen molar-refractivity contribution in [1.29, 1.82) is 0 Å². The molecular weight excluding hydrogens is 180 g/mol. The van der Waals surface area contributed by atoms with E-state index in [1.165, 1.54) is 36.0 Å². The Morgan fingerprint density at radius 1 is 0.933 bits per heavy atom. The van der Waals surface area contributed by atoms with Gasteiger partial charge in [0.1, 0.15) is 0 Å². The molecule has 0 heteroatoms. The summed E-state index contributed by atoms with van der Waals surface area (Å²) in [7, 11) is 0. The Morgan fingerprint density at radius 2 is 1.53 bits per heavy atom. The van der Waals surface area contributed by atoms with Crippen LogP contribution in [0.25, 0.3) is 5.57 Å². The molecule has 0 saturated heterocycles. The van der Waals surface area contributed by atoms with E-state index < -0.39 is 0 Å². The van der Waals surface area contributed by atoms with Crippen molar-refractivity contribution in [2.24, 2.45) is 0 Å². The van der Waals surface area contributed by atoms with Gasteiger partial charge in [0.05, 0.1) is 0 Å². The topological polar surface area (TPSA) is 0 Å². The van der Waals surface area contributed by atoms with Gasteiger partial charge in [-0.3, -0.25) is 0 Å². The van der Waals surface area contributed by atoms with Crippen LogP contribution >= 0.6 is 0 Å². The number of hydrogen-bond acceptors (Lipinski definition) is 0. The van der Waals surface area contributed by atoms with Crippen LogP contribution in [0.4, 0.5) is 0 Å². The van der Waals surface area contributed by atoms with Crippen LogP contribution in [0.15, 0.2) is 30.8 Å². The molecule has 0 bridgehead atoms. The average Bonchev–Trinajstić information content (AvgIpc) is 2.35. The second-order valence-corrected chi connectivity index (χ2v) is 3.11. The summed E-state index contributed by atoms with van der Waals surface area (Å²) < 4.78 is 0. The molecule has 0 unspecified atom stereocenters. The molecular formula is C15H24. The van der Waals surface area contributed by atoms with Gasteiger partial charge in [-0.2, -0.15) is 0 Å². The summed E-state index contributed by atoms with van der Waals surface area (Å²) in [6.07, 6.45) is 3.68.